The number of H-pyrrole nitrogens is 1. The molecule has 1 aromatic heterocycles. The van der Waals surface area contributed by atoms with E-state index in [1.54, 1.807) is 0 Å². The van der Waals surface area contributed by atoms with E-state index in [1.165, 1.54) is 33.2 Å². The molecular formula is C19H22N2. The van der Waals surface area contributed by atoms with Crippen molar-refractivity contribution in [3.8, 4) is 0 Å². The van der Waals surface area contributed by atoms with Gasteiger partial charge in [-0.25, -0.2) is 0 Å². The summed E-state index contributed by atoms with van der Waals surface area (Å²) in [6.45, 7) is 6.40. The highest BCUT2D eigenvalue weighted by Gasteiger charge is 2.06. The van der Waals surface area contributed by atoms with E-state index in [0.717, 1.165) is 19.5 Å². The first-order valence-electron chi connectivity index (χ1n) is 7.62. The smallest absolute Gasteiger partial charge is 0.0459 e. The molecule has 0 saturated heterocycles. The maximum Gasteiger partial charge on any atom is 0.0459 e. The number of rotatable bonds is 1. The van der Waals surface area contributed by atoms with Gasteiger partial charge in [-0.2, -0.15) is 0 Å². The minimum atomic E-state index is 1.05. The summed E-state index contributed by atoms with van der Waals surface area (Å²) >= 11 is 0. The molecule has 0 bridgehead atoms. The summed E-state index contributed by atoms with van der Waals surface area (Å²) in [5, 5.41) is 4.65. The summed E-state index contributed by atoms with van der Waals surface area (Å²) in [5.74, 6) is 0. The van der Waals surface area contributed by atoms with Crippen molar-refractivity contribution in [2.24, 2.45) is 0 Å². The van der Waals surface area contributed by atoms with Gasteiger partial charge in [0, 0.05) is 30.2 Å². The Bertz CT molecular complexity index is 717. The molecule has 21 heavy (non-hydrogen) atoms. The third-order valence-corrected chi connectivity index (χ3v) is 4.05. The van der Waals surface area contributed by atoms with Crippen molar-refractivity contribution in [3.05, 3.63) is 70.9 Å². The lowest BCUT2D eigenvalue weighted by Crippen LogP contribution is -1.99. The number of hydrogen-bond donors (Lipinski definition) is 2. The van der Waals surface area contributed by atoms with Gasteiger partial charge in [0.1, 0.15) is 0 Å². The fraction of sp³-hybridized carbons (Fsp3) is 0.263. The lowest BCUT2D eigenvalue weighted by molar-refractivity contribution is 0.765. The van der Waals surface area contributed by atoms with Crippen LogP contribution in [0.4, 0.5) is 0 Å². The van der Waals surface area contributed by atoms with Crippen molar-refractivity contribution < 1.29 is 0 Å². The predicted octanol–water partition coefficient (Wildman–Crippen LogP) is 4.33. The molecule has 0 saturated carbocycles. The molecule has 0 amide bonds. The van der Waals surface area contributed by atoms with Gasteiger partial charge >= 0.3 is 0 Å². The maximum atomic E-state index is 3.29. The van der Waals surface area contributed by atoms with Crippen molar-refractivity contribution in [2.75, 3.05) is 0 Å². The average Bonchev–Trinajstić information content (AvgIpc) is 3.13. The second-order valence-corrected chi connectivity index (χ2v) is 5.59. The highest BCUT2D eigenvalue weighted by atomic mass is 14.9. The van der Waals surface area contributed by atoms with E-state index in [0.29, 0.717) is 0 Å². The van der Waals surface area contributed by atoms with Crippen molar-refractivity contribution in [2.45, 2.75) is 33.4 Å². The van der Waals surface area contributed by atoms with Gasteiger partial charge in [-0.15, -0.1) is 0 Å². The van der Waals surface area contributed by atoms with E-state index >= 15 is 0 Å². The van der Waals surface area contributed by atoms with Gasteiger partial charge in [0.15, 0.2) is 0 Å². The number of aromatic amines is 1. The Kier molecular flexibility index (Phi) is 4.07. The zero-order valence-electron chi connectivity index (χ0n) is 12.7. The van der Waals surface area contributed by atoms with Gasteiger partial charge in [-0.05, 0) is 41.7 Å². The summed E-state index contributed by atoms with van der Waals surface area (Å²) in [6.07, 6.45) is 3.20. The van der Waals surface area contributed by atoms with Crippen molar-refractivity contribution >= 4 is 10.9 Å². The minimum Gasteiger partial charge on any atom is -0.361 e. The Morgan fingerprint density at radius 1 is 1.00 bits per heavy atom. The highest BCUT2D eigenvalue weighted by Crippen LogP contribution is 2.19. The van der Waals surface area contributed by atoms with Crippen molar-refractivity contribution in [1.29, 1.82) is 0 Å². The molecule has 2 nitrogen and oxygen atoms in total. The number of hydrogen-bond acceptors (Lipinski definition) is 1. The normalized spacial score (nSPS) is 12.9. The van der Waals surface area contributed by atoms with Crippen LogP contribution in [0.15, 0.2) is 48.7 Å². The minimum absolute atomic E-state index is 1.05. The molecule has 4 rings (SSSR count). The van der Waals surface area contributed by atoms with Crippen LogP contribution in [0.5, 0.6) is 0 Å². The summed E-state index contributed by atoms with van der Waals surface area (Å²) in [6, 6.07) is 15.1. The number of nitrogens with one attached hydrogen (secondary N) is 2. The second-order valence-electron chi connectivity index (χ2n) is 5.59. The Morgan fingerprint density at radius 3 is 2.38 bits per heavy atom. The molecule has 108 valence electrons. The van der Waals surface area contributed by atoms with Crippen LogP contribution in [0.2, 0.25) is 0 Å². The lowest BCUT2D eigenvalue weighted by atomic mass is 10.1. The molecule has 0 fully saturated rings. The number of benzene rings is 2. The average molecular weight is 278 g/mol. The Labute approximate surface area is 126 Å². The fourth-order valence-corrected chi connectivity index (χ4v) is 2.83. The molecule has 0 radical (unpaired) electrons. The van der Waals surface area contributed by atoms with Crippen LogP contribution < -0.4 is 5.32 Å². The van der Waals surface area contributed by atoms with Gasteiger partial charge < -0.3 is 10.3 Å². The molecule has 1 aliphatic heterocycles. The monoisotopic (exact) mass is 278 g/mol. The molecule has 0 spiro atoms. The van der Waals surface area contributed by atoms with Gasteiger partial charge in [-0.1, -0.05) is 43.3 Å². The van der Waals surface area contributed by atoms with E-state index in [2.05, 4.69) is 72.8 Å². The van der Waals surface area contributed by atoms with Gasteiger partial charge in [0.05, 0.1) is 0 Å². The molecule has 0 atom stereocenters. The Hall–Kier alpha value is -2.06. The number of aryl methyl sites for hydroxylation is 2. The topological polar surface area (TPSA) is 27.8 Å². The number of fused-ring (bicyclic) bond motifs is 2. The van der Waals surface area contributed by atoms with Crippen LogP contribution in [0.1, 0.15) is 29.2 Å². The third kappa shape index (κ3) is 3.01. The van der Waals surface area contributed by atoms with Crippen LogP contribution in [0.25, 0.3) is 10.9 Å². The maximum absolute atomic E-state index is 3.29. The Morgan fingerprint density at radius 2 is 1.71 bits per heavy atom. The lowest BCUT2D eigenvalue weighted by Gasteiger charge is -1.94. The molecule has 0 aliphatic carbocycles. The first-order chi connectivity index (χ1) is 10.3. The van der Waals surface area contributed by atoms with E-state index in [1.807, 2.05) is 0 Å². The van der Waals surface area contributed by atoms with E-state index in [9.17, 15) is 0 Å². The fourth-order valence-electron chi connectivity index (χ4n) is 2.83. The SMILES string of the molecule is CCc1c[nH]c2cc(C)ccc12.c1ccc2c(c1)CNC2. The number of aromatic nitrogens is 1. The van der Waals surface area contributed by atoms with E-state index < -0.39 is 0 Å². The first kappa shape index (κ1) is 13.9. The highest BCUT2D eigenvalue weighted by molar-refractivity contribution is 5.83. The van der Waals surface area contributed by atoms with Crippen molar-refractivity contribution in [1.82, 2.24) is 10.3 Å². The molecule has 1 aliphatic rings. The molecule has 2 N–H and O–H groups in total. The van der Waals surface area contributed by atoms with Crippen molar-refractivity contribution in [3.63, 3.8) is 0 Å². The van der Waals surface area contributed by atoms with Crippen LogP contribution in [-0.4, -0.2) is 4.98 Å². The van der Waals surface area contributed by atoms with Crippen LogP contribution in [0.3, 0.4) is 0 Å². The summed E-state index contributed by atoms with van der Waals surface area (Å²) < 4.78 is 0. The van der Waals surface area contributed by atoms with Crippen LogP contribution in [-0.2, 0) is 19.5 Å². The molecule has 2 heteroatoms. The van der Waals surface area contributed by atoms with Crippen LogP contribution >= 0.6 is 0 Å². The largest absolute Gasteiger partial charge is 0.361 e. The Balaban J connectivity index is 0.000000131. The third-order valence-electron chi connectivity index (χ3n) is 4.05. The molecule has 3 aromatic rings. The molecule has 2 aromatic carbocycles. The quantitative estimate of drug-likeness (QED) is 0.681. The zero-order valence-corrected chi connectivity index (χ0v) is 12.7. The second kappa shape index (κ2) is 6.15. The van der Waals surface area contributed by atoms with E-state index in [-0.39, 0.29) is 0 Å². The molecule has 2 heterocycles. The van der Waals surface area contributed by atoms with Gasteiger partial charge in [-0.3, -0.25) is 0 Å². The van der Waals surface area contributed by atoms with Gasteiger partial charge in [0.2, 0.25) is 0 Å². The van der Waals surface area contributed by atoms with E-state index in [4.69, 9.17) is 0 Å². The predicted molar refractivity (Wildman–Crippen MR) is 89.4 cm³/mol. The standard InChI is InChI=1S/C11H13N.C8H9N/c1-3-9-7-12-11-6-8(2)4-5-10(9)11;1-2-4-8-6-9-5-7(8)3-1/h4-7,12H,3H2,1-2H3;1-4,9H,5-6H2. The first-order valence-corrected chi connectivity index (χ1v) is 7.62. The van der Waals surface area contributed by atoms with Crippen LogP contribution in [0, 0.1) is 6.92 Å². The summed E-state index contributed by atoms with van der Waals surface area (Å²) in [7, 11) is 0. The summed E-state index contributed by atoms with van der Waals surface area (Å²) in [4.78, 5) is 3.28. The summed E-state index contributed by atoms with van der Waals surface area (Å²) in [5.41, 5.74) is 6.89. The molecular weight excluding hydrogens is 256 g/mol. The molecule has 0 unspecified atom stereocenters. The van der Waals surface area contributed by atoms with Gasteiger partial charge in [0.25, 0.3) is 0 Å². The zero-order chi connectivity index (χ0) is 14.7.